The zero-order chi connectivity index (χ0) is 11.0. The number of nitrogens with one attached hydrogen (secondary N) is 1. The van der Waals surface area contributed by atoms with Gasteiger partial charge in [-0.25, -0.2) is 4.79 Å². The molecule has 0 aliphatic heterocycles. The van der Waals surface area contributed by atoms with Crippen LogP contribution in [0.3, 0.4) is 0 Å². The van der Waals surface area contributed by atoms with Gasteiger partial charge in [-0.15, -0.1) is 0 Å². The van der Waals surface area contributed by atoms with E-state index in [-0.39, 0.29) is 12.1 Å². The van der Waals surface area contributed by atoms with E-state index >= 15 is 0 Å². The summed E-state index contributed by atoms with van der Waals surface area (Å²) >= 11 is 0. The molecule has 0 bridgehead atoms. The summed E-state index contributed by atoms with van der Waals surface area (Å²) in [7, 11) is 0. The number of ether oxygens (including phenoxy) is 1. The third-order valence-corrected chi connectivity index (χ3v) is 1.88. The third kappa shape index (κ3) is 6.71. The molecule has 0 spiro atoms. The Morgan fingerprint density at radius 1 is 1.50 bits per heavy atom. The first kappa shape index (κ1) is 13.2. The van der Waals surface area contributed by atoms with E-state index in [2.05, 4.69) is 5.32 Å². The van der Waals surface area contributed by atoms with Crippen molar-refractivity contribution >= 4 is 6.09 Å². The lowest BCUT2D eigenvalue weighted by Crippen LogP contribution is -2.36. The maximum atomic E-state index is 11.2. The molecule has 0 rings (SSSR count). The quantitative estimate of drug-likeness (QED) is 0.686. The van der Waals surface area contributed by atoms with Gasteiger partial charge in [0.2, 0.25) is 0 Å². The molecule has 0 aromatic rings. The van der Waals surface area contributed by atoms with Gasteiger partial charge in [-0.05, 0) is 25.3 Å². The van der Waals surface area contributed by atoms with Gasteiger partial charge in [-0.1, -0.05) is 20.8 Å². The molecule has 0 aliphatic rings. The molecule has 0 fully saturated rings. The Morgan fingerprint density at radius 2 is 2.14 bits per heavy atom. The summed E-state index contributed by atoms with van der Waals surface area (Å²) in [5, 5.41) is 2.78. The van der Waals surface area contributed by atoms with Gasteiger partial charge >= 0.3 is 6.09 Å². The average Bonchev–Trinajstić information content (AvgIpc) is 2.14. The normalized spacial score (nSPS) is 12.6. The Morgan fingerprint density at radius 3 is 2.57 bits per heavy atom. The predicted molar refractivity (Wildman–Crippen MR) is 57.1 cm³/mol. The molecule has 84 valence electrons. The fourth-order valence-corrected chi connectivity index (χ4v) is 1.03. The number of amides is 1. The van der Waals surface area contributed by atoms with E-state index < -0.39 is 0 Å². The zero-order valence-corrected chi connectivity index (χ0v) is 9.38. The van der Waals surface area contributed by atoms with Crippen LogP contribution in [0.4, 0.5) is 4.79 Å². The van der Waals surface area contributed by atoms with Crippen LogP contribution in [-0.4, -0.2) is 25.3 Å². The monoisotopic (exact) mass is 202 g/mol. The fraction of sp³-hybridized carbons (Fsp3) is 0.900. The van der Waals surface area contributed by atoms with Crippen LogP contribution >= 0.6 is 0 Å². The number of hydrogen-bond donors (Lipinski definition) is 2. The number of hydrogen-bond acceptors (Lipinski definition) is 3. The van der Waals surface area contributed by atoms with E-state index in [9.17, 15) is 4.79 Å². The van der Waals surface area contributed by atoms with Gasteiger partial charge in [0.05, 0.1) is 6.61 Å². The van der Waals surface area contributed by atoms with Crippen molar-refractivity contribution in [3.63, 3.8) is 0 Å². The van der Waals surface area contributed by atoms with Crippen molar-refractivity contribution in [1.82, 2.24) is 5.32 Å². The molecule has 0 saturated carbocycles. The highest BCUT2D eigenvalue weighted by atomic mass is 16.5. The zero-order valence-electron chi connectivity index (χ0n) is 9.38. The molecule has 1 atom stereocenters. The number of nitrogens with two attached hydrogens (primary N) is 1. The standard InChI is InChI=1S/C10H22N2O2/c1-4-9(5-6-11)12-10(13)14-7-8(2)3/h8-9H,4-7,11H2,1-3H3,(H,12,13). The summed E-state index contributed by atoms with van der Waals surface area (Å²) < 4.78 is 4.99. The SMILES string of the molecule is CCC(CCN)NC(=O)OCC(C)C. The minimum absolute atomic E-state index is 0.139. The molecular formula is C10H22N2O2. The lowest BCUT2D eigenvalue weighted by atomic mass is 10.1. The predicted octanol–water partition coefficient (Wildman–Crippen LogP) is 1.50. The van der Waals surface area contributed by atoms with Crippen molar-refractivity contribution < 1.29 is 9.53 Å². The van der Waals surface area contributed by atoms with Gasteiger partial charge < -0.3 is 15.8 Å². The molecule has 4 heteroatoms. The van der Waals surface area contributed by atoms with Crippen LogP contribution in [0.2, 0.25) is 0 Å². The minimum atomic E-state index is -0.334. The summed E-state index contributed by atoms with van der Waals surface area (Å²) in [5.41, 5.74) is 5.41. The molecule has 0 aliphatic carbocycles. The van der Waals surface area contributed by atoms with Gasteiger partial charge in [0.25, 0.3) is 0 Å². The van der Waals surface area contributed by atoms with Gasteiger partial charge in [-0.3, -0.25) is 0 Å². The Balaban J connectivity index is 3.67. The van der Waals surface area contributed by atoms with Crippen molar-refractivity contribution in [2.24, 2.45) is 11.7 Å². The van der Waals surface area contributed by atoms with Gasteiger partial charge in [0, 0.05) is 6.04 Å². The third-order valence-electron chi connectivity index (χ3n) is 1.88. The largest absolute Gasteiger partial charge is 0.449 e. The summed E-state index contributed by atoms with van der Waals surface area (Å²) in [5.74, 6) is 0.371. The van der Waals surface area contributed by atoms with E-state index in [0.717, 1.165) is 12.8 Å². The van der Waals surface area contributed by atoms with Crippen molar-refractivity contribution in [2.75, 3.05) is 13.2 Å². The van der Waals surface area contributed by atoms with E-state index in [4.69, 9.17) is 10.5 Å². The molecule has 14 heavy (non-hydrogen) atoms. The highest BCUT2D eigenvalue weighted by molar-refractivity contribution is 5.67. The Kier molecular flexibility index (Phi) is 7.20. The van der Waals surface area contributed by atoms with Crippen LogP contribution in [0.25, 0.3) is 0 Å². The van der Waals surface area contributed by atoms with Crippen LogP contribution in [-0.2, 0) is 4.74 Å². The molecule has 0 saturated heterocycles. The smallest absolute Gasteiger partial charge is 0.407 e. The second kappa shape index (κ2) is 7.62. The molecule has 4 nitrogen and oxygen atoms in total. The van der Waals surface area contributed by atoms with Crippen LogP contribution in [0.1, 0.15) is 33.6 Å². The van der Waals surface area contributed by atoms with Gasteiger partial charge in [0.1, 0.15) is 0 Å². The molecular weight excluding hydrogens is 180 g/mol. The average molecular weight is 202 g/mol. The minimum Gasteiger partial charge on any atom is -0.449 e. The van der Waals surface area contributed by atoms with Crippen molar-refractivity contribution in [3.05, 3.63) is 0 Å². The fourth-order valence-electron chi connectivity index (χ4n) is 1.03. The molecule has 0 aromatic heterocycles. The lowest BCUT2D eigenvalue weighted by molar-refractivity contribution is 0.128. The highest BCUT2D eigenvalue weighted by Crippen LogP contribution is 1.98. The molecule has 1 amide bonds. The molecule has 0 heterocycles. The maximum absolute atomic E-state index is 11.2. The van der Waals surface area contributed by atoms with Crippen LogP contribution in [0.15, 0.2) is 0 Å². The number of rotatable bonds is 6. The number of carbonyl (C=O) groups excluding carboxylic acids is 1. The first-order valence-corrected chi connectivity index (χ1v) is 5.23. The molecule has 3 N–H and O–H groups in total. The van der Waals surface area contributed by atoms with Crippen LogP contribution in [0.5, 0.6) is 0 Å². The Labute approximate surface area is 86.2 Å². The summed E-state index contributed by atoms with van der Waals surface area (Å²) in [6, 6.07) is 0.139. The summed E-state index contributed by atoms with van der Waals surface area (Å²) in [6.07, 6.45) is 1.35. The number of carbonyl (C=O) groups is 1. The lowest BCUT2D eigenvalue weighted by Gasteiger charge is -2.16. The molecule has 1 unspecified atom stereocenters. The van der Waals surface area contributed by atoms with Crippen molar-refractivity contribution in [2.45, 2.75) is 39.7 Å². The van der Waals surface area contributed by atoms with Crippen molar-refractivity contribution in [3.8, 4) is 0 Å². The van der Waals surface area contributed by atoms with Gasteiger partial charge in [0.15, 0.2) is 0 Å². The van der Waals surface area contributed by atoms with Crippen molar-refractivity contribution in [1.29, 1.82) is 0 Å². The summed E-state index contributed by atoms with van der Waals surface area (Å²) in [6.45, 7) is 7.08. The molecule has 0 radical (unpaired) electrons. The molecule has 0 aromatic carbocycles. The van der Waals surface area contributed by atoms with Crippen LogP contribution in [0, 0.1) is 5.92 Å². The topological polar surface area (TPSA) is 64.3 Å². The maximum Gasteiger partial charge on any atom is 0.407 e. The highest BCUT2D eigenvalue weighted by Gasteiger charge is 2.10. The second-order valence-corrected chi connectivity index (χ2v) is 3.82. The Bertz CT molecular complexity index is 160. The van der Waals surface area contributed by atoms with E-state index in [1.165, 1.54) is 0 Å². The number of alkyl carbamates (subject to hydrolysis) is 1. The second-order valence-electron chi connectivity index (χ2n) is 3.82. The van der Waals surface area contributed by atoms with E-state index in [1.54, 1.807) is 0 Å². The first-order chi connectivity index (χ1) is 6.60. The van der Waals surface area contributed by atoms with Gasteiger partial charge in [-0.2, -0.15) is 0 Å². The van der Waals surface area contributed by atoms with Crippen LogP contribution < -0.4 is 11.1 Å². The summed E-state index contributed by atoms with van der Waals surface area (Å²) in [4.78, 5) is 11.2. The van der Waals surface area contributed by atoms with E-state index in [0.29, 0.717) is 19.1 Å². The van der Waals surface area contributed by atoms with E-state index in [1.807, 2.05) is 20.8 Å². The Hall–Kier alpha value is -0.770. The first-order valence-electron chi connectivity index (χ1n) is 5.23.